The monoisotopic (exact) mass is 296 g/mol. The number of aryl methyl sites for hydroxylation is 3. The molecule has 0 unspecified atom stereocenters. The van der Waals surface area contributed by atoms with Crippen LogP contribution in [0.5, 0.6) is 0 Å². The van der Waals surface area contributed by atoms with Gasteiger partial charge in [-0.1, -0.05) is 15.9 Å². The van der Waals surface area contributed by atoms with Gasteiger partial charge in [0, 0.05) is 16.4 Å². The second-order valence-electron chi connectivity index (χ2n) is 3.96. The lowest BCUT2D eigenvalue weighted by atomic mass is 10.1. The summed E-state index contributed by atoms with van der Waals surface area (Å²) in [6, 6.07) is 4.22. The van der Waals surface area contributed by atoms with E-state index < -0.39 is 0 Å². The smallest absolute Gasteiger partial charge is 0.182 e. The highest BCUT2D eigenvalue weighted by Gasteiger charge is 2.09. The molecule has 0 atom stereocenters. The summed E-state index contributed by atoms with van der Waals surface area (Å²) in [7, 11) is 0. The molecule has 2 aromatic rings. The van der Waals surface area contributed by atoms with Crippen LogP contribution in [-0.4, -0.2) is 9.55 Å². The van der Waals surface area contributed by atoms with Crippen LogP contribution in [-0.2, 0) is 0 Å². The number of rotatable bonds is 1. The molecule has 0 saturated carbocycles. The first-order chi connectivity index (χ1) is 7.50. The Morgan fingerprint density at radius 3 is 2.19 bits per heavy atom. The number of aromatic nitrogens is 2. The van der Waals surface area contributed by atoms with Crippen molar-refractivity contribution in [1.82, 2.24) is 9.55 Å². The second kappa shape index (κ2) is 4.18. The third-order valence-corrected chi connectivity index (χ3v) is 3.40. The number of imidazole rings is 1. The van der Waals surface area contributed by atoms with E-state index in [1.54, 1.807) is 0 Å². The number of H-pyrrole nitrogens is 1. The molecule has 0 saturated heterocycles. The van der Waals surface area contributed by atoms with Crippen LogP contribution >= 0.6 is 28.1 Å². The zero-order valence-electron chi connectivity index (χ0n) is 9.47. The summed E-state index contributed by atoms with van der Waals surface area (Å²) in [4.78, 5) is 3.07. The Bertz CT molecular complexity index is 572. The Hall–Kier alpha value is -0.870. The fraction of sp³-hybridized carbons (Fsp3) is 0.250. The average Bonchev–Trinajstić information content (AvgIpc) is 2.47. The maximum Gasteiger partial charge on any atom is 0.182 e. The van der Waals surface area contributed by atoms with Crippen molar-refractivity contribution in [3.8, 4) is 5.69 Å². The van der Waals surface area contributed by atoms with Gasteiger partial charge in [-0.3, -0.25) is 4.57 Å². The van der Waals surface area contributed by atoms with Crippen LogP contribution in [0, 0.1) is 25.5 Å². The Morgan fingerprint density at radius 1 is 1.19 bits per heavy atom. The summed E-state index contributed by atoms with van der Waals surface area (Å²) in [5.41, 5.74) is 4.72. The van der Waals surface area contributed by atoms with Gasteiger partial charge in [-0.2, -0.15) is 0 Å². The van der Waals surface area contributed by atoms with E-state index in [2.05, 4.69) is 51.5 Å². The first-order valence-electron chi connectivity index (χ1n) is 5.05. The van der Waals surface area contributed by atoms with Gasteiger partial charge in [0.1, 0.15) is 0 Å². The summed E-state index contributed by atoms with van der Waals surface area (Å²) in [5.74, 6) is 0. The van der Waals surface area contributed by atoms with Gasteiger partial charge in [-0.25, -0.2) is 0 Å². The second-order valence-corrected chi connectivity index (χ2v) is 5.26. The minimum atomic E-state index is 0.742. The minimum absolute atomic E-state index is 0.742. The SMILES string of the molecule is Cc1cc(Br)cc(C)c1-n1c(C)c[nH]c1=S. The fourth-order valence-corrected chi connectivity index (χ4v) is 2.97. The highest BCUT2D eigenvalue weighted by Crippen LogP contribution is 2.25. The number of benzene rings is 1. The van der Waals surface area contributed by atoms with Gasteiger partial charge in [0.25, 0.3) is 0 Å². The number of nitrogens with zero attached hydrogens (tertiary/aromatic N) is 1. The molecule has 0 bridgehead atoms. The lowest BCUT2D eigenvalue weighted by molar-refractivity contribution is 0.960. The molecule has 4 heteroatoms. The van der Waals surface area contributed by atoms with E-state index in [0.29, 0.717) is 0 Å². The highest BCUT2D eigenvalue weighted by atomic mass is 79.9. The zero-order valence-corrected chi connectivity index (χ0v) is 11.9. The first kappa shape index (κ1) is 11.6. The first-order valence-corrected chi connectivity index (χ1v) is 6.25. The molecule has 1 heterocycles. The molecule has 0 aliphatic carbocycles. The zero-order chi connectivity index (χ0) is 11.9. The molecule has 0 aliphatic heterocycles. The number of hydrogen-bond donors (Lipinski definition) is 1. The molecule has 0 spiro atoms. The molecule has 2 nitrogen and oxygen atoms in total. The topological polar surface area (TPSA) is 20.7 Å². The maximum atomic E-state index is 5.30. The van der Waals surface area contributed by atoms with Crippen molar-refractivity contribution in [3.05, 3.63) is 44.4 Å². The van der Waals surface area contributed by atoms with Crippen LogP contribution in [0.4, 0.5) is 0 Å². The van der Waals surface area contributed by atoms with Gasteiger partial charge in [-0.05, 0) is 56.2 Å². The summed E-state index contributed by atoms with van der Waals surface area (Å²) in [6.45, 7) is 6.25. The van der Waals surface area contributed by atoms with Gasteiger partial charge in [0.2, 0.25) is 0 Å². The molecule has 0 amide bonds. The number of nitrogens with one attached hydrogen (secondary N) is 1. The molecule has 16 heavy (non-hydrogen) atoms. The highest BCUT2D eigenvalue weighted by molar-refractivity contribution is 9.10. The van der Waals surface area contributed by atoms with Crippen LogP contribution in [0.1, 0.15) is 16.8 Å². The van der Waals surface area contributed by atoms with Crippen molar-refractivity contribution in [2.75, 3.05) is 0 Å². The van der Waals surface area contributed by atoms with Crippen molar-refractivity contribution in [1.29, 1.82) is 0 Å². The number of halogens is 1. The van der Waals surface area contributed by atoms with Gasteiger partial charge >= 0.3 is 0 Å². The molecule has 1 aromatic carbocycles. The largest absolute Gasteiger partial charge is 0.337 e. The predicted molar refractivity (Wildman–Crippen MR) is 72.9 cm³/mol. The molecule has 0 aliphatic rings. The van der Waals surface area contributed by atoms with Crippen molar-refractivity contribution in [2.24, 2.45) is 0 Å². The van der Waals surface area contributed by atoms with E-state index in [4.69, 9.17) is 12.2 Å². The van der Waals surface area contributed by atoms with Gasteiger partial charge in [0.05, 0.1) is 5.69 Å². The molecule has 2 rings (SSSR count). The van der Waals surface area contributed by atoms with Crippen LogP contribution < -0.4 is 0 Å². The summed E-state index contributed by atoms with van der Waals surface area (Å²) in [5, 5.41) is 0. The summed E-state index contributed by atoms with van der Waals surface area (Å²) >= 11 is 8.81. The minimum Gasteiger partial charge on any atom is -0.337 e. The van der Waals surface area contributed by atoms with Gasteiger partial charge in [-0.15, -0.1) is 0 Å². The molecule has 84 valence electrons. The predicted octanol–water partition coefficient (Wildman–Crippen LogP) is 4.22. The lowest BCUT2D eigenvalue weighted by Gasteiger charge is -2.13. The average molecular weight is 297 g/mol. The maximum absolute atomic E-state index is 5.30. The Balaban J connectivity index is 2.79. The summed E-state index contributed by atoms with van der Waals surface area (Å²) < 4.78 is 3.92. The van der Waals surface area contributed by atoms with E-state index >= 15 is 0 Å². The molecule has 0 radical (unpaired) electrons. The van der Waals surface area contributed by atoms with Crippen LogP contribution in [0.15, 0.2) is 22.8 Å². The molecule has 0 fully saturated rings. The standard InChI is InChI=1S/C12H13BrN2S/c1-7-4-10(13)5-8(2)11(7)15-9(3)6-14-12(15)16/h4-6H,1-3H3,(H,14,16). The number of aromatic amines is 1. The van der Waals surface area contributed by atoms with Crippen molar-refractivity contribution < 1.29 is 0 Å². The van der Waals surface area contributed by atoms with Gasteiger partial charge < -0.3 is 4.98 Å². The van der Waals surface area contributed by atoms with Gasteiger partial charge in [0.15, 0.2) is 4.77 Å². The molecular formula is C12H13BrN2S. The lowest BCUT2D eigenvalue weighted by Crippen LogP contribution is -2.02. The van der Waals surface area contributed by atoms with E-state index in [0.717, 1.165) is 14.9 Å². The Kier molecular flexibility index (Phi) is 3.04. The van der Waals surface area contributed by atoms with E-state index in [-0.39, 0.29) is 0 Å². The van der Waals surface area contributed by atoms with Crippen molar-refractivity contribution >= 4 is 28.1 Å². The van der Waals surface area contributed by atoms with Crippen molar-refractivity contribution in [2.45, 2.75) is 20.8 Å². The fourth-order valence-electron chi connectivity index (χ4n) is 1.99. The van der Waals surface area contributed by atoms with E-state index in [1.165, 1.54) is 16.8 Å². The van der Waals surface area contributed by atoms with Crippen LogP contribution in [0.25, 0.3) is 5.69 Å². The third kappa shape index (κ3) is 1.87. The molecule has 1 aromatic heterocycles. The van der Waals surface area contributed by atoms with E-state index in [1.807, 2.05) is 13.1 Å². The Morgan fingerprint density at radius 2 is 1.75 bits per heavy atom. The van der Waals surface area contributed by atoms with Crippen LogP contribution in [0.3, 0.4) is 0 Å². The van der Waals surface area contributed by atoms with Crippen LogP contribution in [0.2, 0.25) is 0 Å². The third-order valence-electron chi connectivity index (χ3n) is 2.64. The Labute approximate surface area is 108 Å². The normalized spacial score (nSPS) is 10.8. The quantitative estimate of drug-likeness (QED) is 0.781. The van der Waals surface area contributed by atoms with E-state index in [9.17, 15) is 0 Å². The molecular weight excluding hydrogens is 284 g/mol. The van der Waals surface area contributed by atoms with Crippen molar-refractivity contribution in [3.63, 3.8) is 0 Å². The number of hydrogen-bond acceptors (Lipinski definition) is 1. The summed E-state index contributed by atoms with van der Waals surface area (Å²) in [6.07, 6.45) is 1.93. The molecule has 1 N–H and O–H groups in total.